The molecule has 0 aliphatic rings. The second-order valence-electron chi connectivity index (χ2n) is 3.28. The van der Waals surface area contributed by atoms with Crippen molar-refractivity contribution >= 4 is 11.8 Å². The number of allylic oxidation sites excluding steroid dienone is 1. The van der Waals surface area contributed by atoms with Gasteiger partial charge in [-0.1, -0.05) is 19.9 Å². The summed E-state index contributed by atoms with van der Waals surface area (Å²) in [6.45, 7) is 4.88. The molecular formula is C9H16N2O3. The molecule has 0 spiro atoms. The molecule has 80 valence electrons. The van der Waals surface area contributed by atoms with E-state index in [9.17, 15) is 9.59 Å². The number of rotatable bonds is 5. The molecule has 0 amide bonds. The highest BCUT2D eigenvalue weighted by molar-refractivity contribution is 6.13. The zero-order chi connectivity index (χ0) is 11.4. The van der Waals surface area contributed by atoms with Crippen LogP contribution in [0.2, 0.25) is 0 Å². The number of ketones is 1. The van der Waals surface area contributed by atoms with Crippen LogP contribution >= 0.6 is 0 Å². The third-order valence-corrected chi connectivity index (χ3v) is 2.14. The van der Waals surface area contributed by atoms with Crippen LogP contribution in [0.3, 0.4) is 0 Å². The smallest absolute Gasteiger partial charge is 0.333 e. The lowest BCUT2D eigenvalue weighted by atomic mass is 9.83. The average Bonchev–Trinajstić information content (AvgIpc) is 2.05. The van der Waals surface area contributed by atoms with Gasteiger partial charge in [0.2, 0.25) is 0 Å². The van der Waals surface area contributed by atoms with Crippen LogP contribution in [-0.2, 0) is 9.59 Å². The number of nitrogens with one attached hydrogen (secondary N) is 1. The molecule has 0 aromatic heterocycles. The van der Waals surface area contributed by atoms with E-state index in [0.29, 0.717) is 0 Å². The summed E-state index contributed by atoms with van der Waals surface area (Å²) in [5.74, 6) is 2.90. The fourth-order valence-electron chi connectivity index (χ4n) is 1.22. The van der Waals surface area contributed by atoms with Gasteiger partial charge >= 0.3 is 5.97 Å². The van der Waals surface area contributed by atoms with E-state index in [4.69, 9.17) is 10.9 Å². The Hall–Kier alpha value is -1.20. The first-order valence-corrected chi connectivity index (χ1v) is 4.31. The quantitative estimate of drug-likeness (QED) is 0.253. The molecule has 4 N–H and O–H groups in total. The van der Waals surface area contributed by atoms with E-state index in [1.165, 1.54) is 12.2 Å². The van der Waals surface area contributed by atoms with Crippen molar-refractivity contribution in [2.45, 2.75) is 26.3 Å². The molecule has 0 saturated heterocycles. The van der Waals surface area contributed by atoms with Gasteiger partial charge in [0.1, 0.15) is 0 Å². The number of carbonyl (C=O) groups is 2. The Kier molecular flexibility index (Phi) is 4.46. The molecule has 0 unspecified atom stereocenters. The molecule has 5 nitrogen and oxygen atoms in total. The SMILES string of the molecule is CC=CC(=O)[C@@](NN)(C(=O)O)C(C)C. The topological polar surface area (TPSA) is 92.4 Å². The van der Waals surface area contributed by atoms with Crippen molar-refractivity contribution in [3.8, 4) is 0 Å². The van der Waals surface area contributed by atoms with Gasteiger partial charge in [-0.25, -0.2) is 10.2 Å². The van der Waals surface area contributed by atoms with Crippen molar-refractivity contribution in [1.29, 1.82) is 0 Å². The summed E-state index contributed by atoms with van der Waals surface area (Å²) >= 11 is 0. The lowest BCUT2D eigenvalue weighted by Crippen LogP contribution is -2.63. The van der Waals surface area contributed by atoms with Crippen molar-refractivity contribution in [2.24, 2.45) is 11.8 Å². The van der Waals surface area contributed by atoms with E-state index in [1.807, 2.05) is 0 Å². The van der Waals surface area contributed by atoms with Crippen LogP contribution < -0.4 is 11.3 Å². The van der Waals surface area contributed by atoms with E-state index in [1.54, 1.807) is 20.8 Å². The second kappa shape index (κ2) is 4.88. The Morgan fingerprint density at radius 3 is 2.21 bits per heavy atom. The largest absolute Gasteiger partial charge is 0.479 e. The summed E-state index contributed by atoms with van der Waals surface area (Å²) in [6, 6.07) is 0. The van der Waals surface area contributed by atoms with E-state index < -0.39 is 23.2 Å². The van der Waals surface area contributed by atoms with Crippen molar-refractivity contribution in [3.05, 3.63) is 12.2 Å². The monoisotopic (exact) mass is 200 g/mol. The molecule has 0 aliphatic heterocycles. The highest BCUT2D eigenvalue weighted by Gasteiger charge is 2.46. The van der Waals surface area contributed by atoms with Gasteiger partial charge in [-0.05, 0) is 18.9 Å². The molecule has 5 heteroatoms. The maximum Gasteiger partial charge on any atom is 0.333 e. The minimum absolute atomic E-state index is 0.436. The summed E-state index contributed by atoms with van der Waals surface area (Å²) in [5, 5.41) is 8.99. The van der Waals surface area contributed by atoms with Crippen molar-refractivity contribution in [2.75, 3.05) is 0 Å². The molecule has 0 bridgehead atoms. The normalized spacial score (nSPS) is 15.8. The number of hydrazine groups is 1. The number of nitrogens with two attached hydrogens (primary N) is 1. The summed E-state index contributed by atoms with van der Waals surface area (Å²) in [6.07, 6.45) is 2.69. The Morgan fingerprint density at radius 2 is 2.00 bits per heavy atom. The van der Waals surface area contributed by atoms with Crippen LogP contribution in [0.25, 0.3) is 0 Å². The summed E-state index contributed by atoms with van der Waals surface area (Å²) in [5.41, 5.74) is 0.369. The summed E-state index contributed by atoms with van der Waals surface area (Å²) < 4.78 is 0. The highest BCUT2D eigenvalue weighted by Crippen LogP contribution is 2.18. The Balaban J connectivity index is 5.25. The fraction of sp³-hybridized carbons (Fsp3) is 0.556. The van der Waals surface area contributed by atoms with Gasteiger partial charge in [-0.2, -0.15) is 0 Å². The number of carbonyl (C=O) groups excluding carboxylic acids is 1. The van der Waals surface area contributed by atoms with Gasteiger partial charge in [0.15, 0.2) is 11.3 Å². The lowest BCUT2D eigenvalue weighted by Gasteiger charge is -2.29. The van der Waals surface area contributed by atoms with Crippen molar-refractivity contribution in [3.63, 3.8) is 0 Å². The molecule has 0 saturated carbocycles. The van der Waals surface area contributed by atoms with Gasteiger partial charge in [-0.15, -0.1) is 0 Å². The first-order chi connectivity index (χ1) is 6.43. The zero-order valence-electron chi connectivity index (χ0n) is 8.57. The molecule has 0 heterocycles. The van der Waals surface area contributed by atoms with E-state index in [2.05, 4.69) is 5.43 Å². The molecular weight excluding hydrogens is 184 g/mol. The number of carboxylic acids is 1. The number of hydrogen-bond donors (Lipinski definition) is 3. The molecule has 0 aliphatic carbocycles. The summed E-state index contributed by atoms with van der Waals surface area (Å²) in [7, 11) is 0. The minimum Gasteiger partial charge on any atom is -0.479 e. The molecule has 0 aromatic rings. The Bertz CT molecular complexity index is 261. The number of hydrogen-bond acceptors (Lipinski definition) is 4. The van der Waals surface area contributed by atoms with E-state index >= 15 is 0 Å². The molecule has 0 aromatic carbocycles. The maximum atomic E-state index is 11.6. The molecule has 0 radical (unpaired) electrons. The van der Waals surface area contributed by atoms with Gasteiger partial charge < -0.3 is 5.11 Å². The van der Waals surface area contributed by atoms with E-state index in [0.717, 1.165) is 0 Å². The molecule has 0 rings (SSSR count). The van der Waals surface area contributed by atoms with Gasteiger partial charge in [0.25, 0.3) is 0 Å². The third-order valence-electron chi connectivity index (χ3n) is 2.14. The predicted molar refractivity (Wildman–Crippen MR) is 52.3 cm³/mol. The van der Waals surface area contributed by atoms with Crippen molar-refractivity contribution in [1.82, 2.24) is 5.43 Å². The Morgan fingerprint density at radius 1 is 1.50 bits per heavy atom. The summed E-state index contributed by atoms with van der Waals surface area (Å²) in [4.78, 5) is 22.6. The van der Waals surface area contributed by atoms with Gasteiger partial charge in [0.05, 0.1) is 0 Å². The van der Waals surface area contributed by atoms with Crippen LogP contribution in [-0.4, -0.2) is 22.4 Å². The van der Waals surface area contributed by atoms with Crippen LogP contribution in [0.1, 0.15) is 20.8 Å². The van der Waals surface area contributed by atoms with Gasteiger partial charge in [0, 0.05) is 0 Å². The Labute approximate surface area is 82.9 Å². The fourth-order valence-corrected chi connectivity index (χ4v) is 1.22. The highest BCUT2D eigenvalue weighted by atomic mass is 16.4. The van der Waals surface area contributed by atoms with Gasteiger partial charge in [-0.3, -0.25) is 10.6 Å². The molecule has 1 atom stereocenters. The standard InChI is InChI=1S/C9H16N2O3/c1-4-5-7(12)9(11-10,6(2)3)8(13)14/h4-6,11H,10H2,1-3H3,(H,13,14)/t9-/m1/s1. The lowest BCUT2D eigenvalue weighted by molar-refractivity contribution is -0.151. The molecule has 14 heavy (non-hydrogen) atoms. The van der Waals surface area contributed by atoms with Crippen molar-refractivity contribution < 1.29 is 14.7 Å². The third kappa shape index (κ3) is 2.00. The number of aliphatic carboxylic acids is 1. The second-order valence-corrected chi connectivity index (χ2v) is 3.28. The maximum absolute atomic E-state index is 11.6. The minimum atomic E-state index is -1.73. The zero-order valence-corrected chi connectivity index (χ0v) is 8.57. The predicted octanol–water partition coefficient (Wildman–Crippen LogP) is 0.0743. The number of carboxylic acid groups (broad SMARTS) is 1. The average molecular weight is 200 g/mol. The van der Waals surface area contributed by atoms with Crippen LogP contribution in [0.5, 0.6) is 0 Å². The van der Waals surface area contributed by atoms with Crippen LogP contribution in [0.4, 0.5) is 0 Å². The van der Waals surface area contributed by atoms with Crippen LogP contribution in [0, 0.1) is 5.92 Å². The molecule has 0 fully saturated rings. The first-order valence-electron chi connectivity index (χ1n) is 4.31. The van der Waals surface area contributed by atoms with Crippen LogP contribution in [0.15, 0.2) is 12.2 Å². The first kappa shape index (κ1) is 12.8. The van der Waals surface area contributed by atoms with E-state index in [-0.39, 0.29) is 0 Å².